The van der Waals surface area contributed by atoms with Gasteiger partial charge in [0.25, 0.3) is 0 Å². The van der Waals surface area contributed by atoms with Gasteiger partial charge in [-0.3, -0.25) is 4.68 Å². The summed E-state index contributed by atoms with van der Waals surface area (Å²) in [5.74, 6) is 0.781. The molecular formula is C10H15BrN2O2S. The van der Waals surface area contributed by atoms with Crippen LogP contribution in [0.5, 0.6) is 0 Å². The Morgan fingerprint density at radius 3 is 2.75 bits per heavy atom. The van der Waals surface area contributed by atoms with Crippen molar-refractivity contribution in [2.75, 3.05) is 11.5 Å². The molecule has 1 fully saturated rings. The van der Waals surface area contributed by atoms with Gasteiger partial charge in [-0.2, -0.15) is 5.10 Å². The topological polar surface area (TPSA) is 52.0 Å². The molecule has 16 heavy (non-hydrogen) atoms. The Morgan fingerprint density at radius 2 is 2.31 bits per heavy atom. The monoisotopic (exact) mass is 306 g/mol. The second kappa shape index (κ2) is 4.14. The van der Waals surface area contributed by atoms with Crippen molar-refractivity contribution in [3.05, 3.63) is 17.5 Å². The Hall–Kier alpha value is -0.360. The SMILES string of the molecule is Cc1nn(C)cc1C(Br)C1CCS(=O)(=O)C1. The zero-order valence-electron chi connectivity index (χ0n) is 9.35. The van der Waals surface area contributed by atoms with Gasteiger partial charge >= 0.3 is 0 Å². The molecule has 90 valence electrons. The highest BCUT2D eigenvalue weighted by Crippen LogP contribution is 2.38. The summed E-state index contributed by atoms with van der Waals surface area (Å²) in [6, 6.07) is 0. The van der Waals surface area contributed by atoms with Crippen LogP contribution in [0, 0.1) is 12.8 Å². The molecule has 2 atom stereocenters. The van der Waals surface area contributed by atoms with Crippen molar-refractivity contribution in [1.82, 2.24) is 9.78 Å². The normalized spacial score (nSPS) is 25.8. The first-order valence-corrected chi connectivity index (χ1v) is 7.97. The van der Waals surface area contributed by atoms with Crippen molar-refractivity contribution >= 4 is 25.8 Å². The van der Waals surface area contributed by atoms with Crippen LogP contribution in [0.4, 0.5) is 0 Å². The molecule has 0 aromatic carbocycles. The molecule has 1 aliphatic rings. The molecule has 2 rings (SSSR count). The second-order valence-electron chi connectivity index (χ2n) is 4.41. The number of hydrogen-bond donors (Lipinski definition) is 0. The molecule has 0 aliphatic carbocycles. The third kappa shape index (κ3) is 2.32. The second-order valence-corrected chi connectivity index (χ2v) is 7.62. The molecule has 0 spiro atoms. The van der Waals surface area contributed by atoms with Gasteiger partial charge < -0.3 is 0 Å². The van der Waals surface area contributed by atoms with Gasteiger partial charge in [0, 0.05) is 23.6 Å². The lowest BCUT2D eigenvalue weighted by atomic mass is 9.99. The van der Waals surface area contributed by atoms with Gasteiger partial charge in [0.15, 0.2) is 9.84 Å². The summed E-state index contributed by atoms with van der Waals surface area (Å²) in [6.45, 7) is 1.95. The maximum Gasteiger partial charge on any atom is 0.150 e. The highest BCUT2D eigenvalue weighted by atomic mass is 79.9. The van der Waals surface area contributed by atoms with Crippen LogP contribution < -0.4 is 0 Å². The van der Waals surface area contributed by atoms with Crippen molar-refractivity contribution in [2.24, 2.45) is 13.0 Å². The third-order valence-electron chi connectivity index (χ3n) is 3.03. The summed E-state index contributed by atoms with van der Waals surface area (Å²) in [7, 11) is -0.935. The summed E-state index contributed by atoms with van der Waals surface area (Å²) >= 11 is 3.61. The molecule has 1 aromatic heterocycles. The van der Waals surface area contributed by atoms with Crippen LogP contribution in [-0.4, -0.2) is 29.7 Å². The molecule has 6 heteroatoms. The quantitative estimate of drug-likeness (QED) is 0.780. The Morgan fingerprint density at radius 1 is 1.62 bits per heavy atom. The first-order valence-electron chi connectivity index (χ1n) is 5.24. The average Bonchev–Trinajstić information content (AvgIpc) is 2.68. The Balaban J connectivity index is 2.20. The summed E-state index contributed by atoms with van der Waals surface area (Å²) in [5.41, 5.74) is 2.07. The number of rotatable bonds is 2. The number of aromatic nitrogens is 2. The van der Waals surface area contributed by atoms with Gasteiger partial charge in [0.1, 0.15) is 0 Å². The van der Waals surface area contributed by atoms with Gasteiger partial charge in [0.2, 0.25) is 0 Å². The third-order valence-corrected chi connectivity index (χ3v) is 6.06. The van der Waals surface area contributed by atoms with E-state index in [1.54, 1.807) is 4.68 Å². The largest absolute Gasteiger partial charge is 0.275 e. The Labute approximate surface area is 104 Å². The highest BCUT2D eigenvalue weighted by Gasteiger charge is 2.34. The van der Waals surface area contributed by atoms with E-state index >= 15 is 0 Å². The van der Waals surface area contributed by atoms with E-state index in [9.17, 15) is 8.42 Å². The van der Waals surface area contributed by atoms with Gasteiger partial charge in [0.05, 0.1) is 17.2 Å². The van der Waals surface area contributed by atoms with E-state index < -0.39 is 9.84 Å². The minimum absolute atomic E-state index is 0.0958. The minimum atomic E-state index is -2.81. The molecular weight excluding hydrogens is 292 g/mol. The number of aryl methyl sites for hydroxylation is 2. The zero-order valence-corrected chi connectivity index (χ0v) is 11.8. The summed E-state index contributed by atoms with van der Waals surface area (Å²) in [4.78, 5) is 0.0958. The van der Waals surface area contributed by atoms with Crippen LogP contribution in [0.15, 0.2) is 6.20 Å². The van der Waals surface area contributed by atoms with Gasteiger partial charge in [-0.15, -0.1) is 0 Å². The standard InChI is InChI=1S/C10H15BrN2O2S/c1-7-9(5-13(2)12-7)10(11)8-3-4-16(14,15)6-8/h5,8,10H,3-4,6H2,1-2H3. The van der Waals surface area contributed by atoms with Gasteiger partial charge in [-0.05, 0) is 19.3 Å². The maximum atomic E-state index is 11.4. The van der Waals surface area contributed by atoms with Crippen LogP contribution in [0.25, 0.3) is 0 Å². The maximum absolute atomic E-state index is 11.4. The van der Waals surface area contributed by atoms with Crippen LogP contribution in [-0.2, 0) is 16.9 Å². The predicted octanol–water partition coefficient (Wildman–Crippen LogP) is 1.60. The number of halogens is 1. The molecule has 0 bridgehead atoms. The van der Waals surface area contributed by atoms with E-state index in [4.69, 9.17) is 0 Å². The molecule has 0 radical (unpaired) electrons. The Bertz CT molecular complexity index is 495. The van der Waals surface area contributed by atoms with E-state index in [2.05, 4.69) is 21.0 Å². The molecule has 2 heterocycles. The number of alkyl halides is 1. The Kier molecular flexibility index (Phi) is 3.13. The fourth-order valence-electron chi connectivity index (χ4n) is 2.20. The lowest BCUT2D eigenvalue weighted by Gasteiger charge is -2.14. The molecule has 1 aliphatic heterocycles. The average molecular weight is 307 g/mol. The summed E-state index contributed by atoms with van der Waals surface area (Å²) in [5, 5.41) is 4.28. The van der Waals surface area contributed by atoms with Crippen LogP contribution in [0.1, 0.15) is 22.5 Å². The predicted molar refractivity (Wildman–Crippen MR) is 66.4 cm³/mol. The van der Waals surface area contributed by atoms with Crippen LogP contribution in [0.2, 0.25) is 0 Å². The van der Waals surface area contributed by atoms with Crippen molar-refractivity contribution in [2.45, 2.75) is 18.2 Å². The van der Waals surface area contributed by atoms with E-state index in [-0.39, 0.29) is 16.5 Å². The molecule has 1 aromatic rings. The summed E-state index contributed by atoms with van der Waals surface area (Å²) < 4.78 is 24.6. The summed E-state index contributed by atoms with van der Waals surface area (Å²) in [6.07, 6.45) is 2.70. The molecule has 2 unspecified atom stereocenters. The van der Waals surface area contributed by atoms with Crippen molar-refractivity contribution in [1.29, 1.82) is 0 Å². The number of sulfone groups is 1. The lowest BCUT2D eigenvalue weighted by Crippen LogP contribution is -2.10. The number of hydrogen-bond acceptors (Lipinski definition) is 3. The zero-order chi connectivity index (χ0) is 11.9. The molecule has 0 saturated carbocycles. The van der Waals surface area contributed by atoms with E-state index in [1.807, 2.05) is 20.2 Å². The lowest BCUT2D eigenvalue weighted by molar-refractivity contribution is 0.578. The molecule has 1 saturated heterocycles. The molecule has 0 amide bonds. The molecule has 0 N–H and O–H groups in total. The van der Waals surface area contributed by atoms with Crippen molar-refractivity contribution in [3.63, 3.8) is 0 Å². The van der Waals surface area contributed by atoms with Gasteiger partial charge in [-0.25, -0.2) is 8.42 Å². The van der Waals surface area contributed by atoms with Crippen LogP contribution in [0.3, 0.4) is 0 Å². The number of nitrogens with zero attached hydrogens (tertiary/aromatic N) is 2. The van der Waals surface area contributed by atoms with Gasteiger partial charge in [-0.1, -0.05) is 15.9 Å². The van der Waals surface area contributed by atoms with E-state index in [0.29, 0.717) is 5.75 Å². The van der Waals surface area contributed by atoms with Crippen molar-refractivity contribution < 1.29 is 8.42 Å². The van der Waals surface area contributed by atoms with E-state index in [1.165, 1.54) is 0 Å². The first kappa shape index (κ1) is 12.1. The fourth-order valence-corrected chi connectivity index (χ4v) is 5.19. The first-order chi connectivity index (χ1) is 7.39. The highest BCUT2D eigenvalue weighted by molar-refractivity contribution is 9.09. The fraction of sp³-hybridized carbons (Fsp3) is 0.700. The van der Waals surface area contributed by atoms with E-state index in [0.717, 1.165) is 17.7 Å². The molecule has 4 nitrogen and oxygen atoms in total. The smallest absolute Gasteiger partial charge is 0.150 e. The van der Waals surface area contributed by atoms with Crippen molar-refractivity contribution in [3.8, 4) is 0 Å². The minimum Gasteiger partial charge on any atom is -0.275 e. The van der Waals surface area contributed by atoms with Crippen LogP contribution >= 0.6 is 15.9 Å².